The van der Waals surface area contributed by atoms with Crippen molar-refractivity contribution in [3.05, 3.63) is 59.7 Å². The molecule has 1 amide bonds. The molecule has 0 radical (unpaired) electrons. The third-order valence-corrected chi connectivity index (χ3v) is 4.06. The molecule has 0 saturated carbocycles. The van der Waals surface area contributed by atoms with E-state index >= 15 is 0 Å². The summed E-state index contributed by atoms with van der Waals surface area (Å²) in [5.41, 5.74) is 1.35. The first-order chi connectivity index (χ1) is 12.7. The van der Waals surface area contributed by atoms with Gasteiger partial charge in [-0.3, -0.25) is 4.79 Å². The van der Waals surface area contributed by atoms with Gasteiger partial charge in [0.2, 0.25) is 6.79 Å². The van der Waals surface area contributed by atoms with Crippen LogP contribution in [0.25, 0.3) is 0 Å². The molecule has 1 atom stereocenters. The number of hydrogen-bond donors (Lipinski definition) is 1. The molecule has 2 aromatic carbocycles. The average Bonchev–Trinajstić information content (AvgIpc) is 3.14. The topological polar surface area (TPSA) is 73.9 Å². The largest absolute Gasteiger partial charge is 0.454 e. The Hall–Kier alpha value is -3.02. The van der Waals surface area contributed by atoms with Crippen molar-refractivity contribution >= 4 is 11.9 Å². The minimum absolute atomic E-state index is 0.0991. The molecule has 3 rings (SSSR count). The lowest BCUT2D eigenvalue weighted by molar-refractivity contribution is -0.125. The van der Waals surface area contributed by atoms with Gasteiger partial charge in [-0.1, -0.05) is 43.7 Å². The second kappa shape index (κ2) is 8.38. The predicted molar refractivity (Wildman–Crippen MR) is 95.1 cm³/mol. The Morgan fingerprint density at radius 3 is 2.65 bits per heavy atom. The van der Waals surface area contributed by atoms with Gasteiger partial charge in [0.25, 0.3) is 5.91 Å². The lowest BCUT2D eigenvalue weighted by atomic mass is 10.0. The smallest absolute Gasteiger partial charge is 0.338 e. The van der Waals surface area contributed by atoms with Crippen LogP contribution in [0.1, 0.15) is 41.7 Å². The van der Waals surface area contributed by atoms with Gasteiger partial charge in [-0.2, -0.15) is 0 Å². The number of fused-ring (bicyclic) bond motifs is 1. The van der Waals surface area contributed by atoms with E-state index < -0.39 is 5.97 Å². The van der Waals surface area contributed by atoms with Crippen molar-refractivity contribution in [2.24, 2.45) is 0 Å². The zero-order valence-corrected chi connectivity index (χ0v) is 14.6. The predicted octanol–water partition coefficient (Wildman–Crippen LogP) is 3.23. The van der Waals surface area contributed by atoms with Crippen LogP contribution in [0.3, 0.4) is 0 Å². The highest BCUT2D eigenvalue weighted by Gasteiger charge is 2.19. The number of carbonyl (C=O) groups excluding carboxylic acids is 2. The van der Waals surface area contributed by atoms with Gasteiger partial charge in [0, 0.05) is 0 Å². The van der Waals surface area contributed by atoms with Gasteiger partial charge in [0.15, 0.2) is 18.1 Å². The van der Waals surface area contributed by atoms with Crippen LogP contribution in [0.2, 0.25) is 0 Å². The average molecular weight is 355 g/mol. The summed E-state index contributed by atoms with van der Waals surface area (Å²) in [4.78, 5) is 24.3. The number of carbonyl (C=O) groups is 2. The molecule has 1 aliphatic rings. The van der Waals surface area contributed by atoms with Gasteiger partial charge in [-0.05, 0) is 30.2 Å². The first kappa shape index (κ1) is 17.8. The maximum atomic E-state index is 12.2. The Bertz CT molecular complexity index is 775. The van der Waals surface area contributed by atoms with Crippen LogP contribution < -0.4 is 14.8 Å². The molecule has 0 bridgehead atoms. The van der Waals surface area contributed by atoms with Crippen molar-refractivity contribution < 1.29 is 23.8 Å². The molecule has 0 spiro atoms. The van der Waals surface area contributed by atoms with Crippen LogP contribution >= 0.6 is 0 Å². The van der Waals surface area contributed by atoms with Gasteiger partial charge in [0.05, 0.1) is 11.6 Å². The zero-order valence-electron chi connectivity index (χ0n) is 14.6. The van der Waals surface area contributed by atoms with Crippen molar-refractivity contribution in [3.63, 3.8) is 0 Å². The molecule has 6 nitrogen and oxygen atoms in total. The Balaban J connectivity index is 1.55. The lowest BCUT2D eigenvalue weighted by Gasteiger charge is -2.18. The van der Waals surface area contributed by atoms with Crippen molar-refractivity contribution in [1.29, 1.82) is 0 Å². The van der Waals surface area contributed by atoms with Crippen molar-refractivity contribution in [2.45, 2.75) is 25.8 Å². The van der Waals surface area contributed by atoms with E-state index in [1.54, 1.807) is 18.2 Å². The van der Waals surface area contributed by atoms with Crippen molar-refractivity contribution in [3.8, 4) is 11.5 Å². The Labute approximate surface area is 152 Å². The summed E-state index contributed by atoms with van der Waals surface area (Å²) in [6.45, 7) is 1.86. The monoisotopic (exact) mass is 355 g/mol. The molecule has 0 aliphatic carbocycles. The molecule has 26 heavy (non-hydrogen) atoms. The van der Waals surface area contributed by atoms with E-state index in [1.807, 2.05) is 30.3 Å². The molecule has 1 N–H and O–H groups in total. The summed E-state index contributed by atoms with van der Waals surface area (Å²) in [5.74, 6) is 0.173. The molecule has 0 fully saturated rings. The first-order valence-corrected chi connectivity index (χ1v) is 8.58. The summed E-state index contributed by atoms with van der Waals surface area (Å²) in [6, 6.07) is 14.4. The van der Waals surface area contributed by atoms with Gasteiger partial charge in [0.1, 0.15) is 0 Å². The number of nitrogens with one attached hydrogen (secondary N) is 1. The van der Waals surface area contributed by atoms with E-state index in [9.17, 15) is 9.59 Å². The standard InChI is InChI=1S/C20H21NO5/c1-2-6-16(14-7-4-3-5-8-14)21-19(22)12-24-20(23)15-9-10-17-18(11-15)26-13-25-17/h3-5,7-11,16H,2,6,12-13H2,1H3,(H,21,22)/t16-/m1/s1. The number of hydrogen-bond acceptors (Lipinski definition) is 5. The van der Waals surface area contributed by atoms with Crippen LogP contribution in [0.15, 0.2) is 48.5 Å². The fourth-order valence-electron chi connectivity index (χ4n) is 2.77. The number of ether oxygens (including phenoxy) is 3. The normalized spacial score (nSPS) is 13.1. The van der Waals surface area contributed by atoms with Crippen LogP contribution in [-0.2, 0) is 9.53 Å². The lowest BCUT2D eigenvalue weighted by Crippen LogP contribution is -2.32. The minimum atomic E-state index is -0.579. The van der Waals surface area contributed by atoms with E-state index in [-0.39, 0.29) is 25.3 Å². The first-order valence-electron chi connectivity index (χ1n) is 8.58. The molecular weight excluding hydrogens is 334 g/mol. The van der Waals surface area contributed by atoms with E-state index in [2.05, 4.69) is 12.2 Å². The third-order valence-electron chi connectivity index (χ3n) is 4.06. The van der Waals surface area contributed by atoms with E-state index in [0.29, 0.717) is 17.1 Å². The molecular formula is C20H21NO5. The fourth-order valence-corrected chi connectivity index (χ4v) is 2.77. The van der Waals surface area contributed by atoms with Gasteiger partial charge < -0.3 is 19.5 Å². The highest BCUT2D eigenvalue weighted by molar-refractivity contribution is 5.92. The summed E-state index contributed by atoms with van der Waals surface area (Å²) in [7, 11) is 0. The highest BCUT2D eigenvalue weighted by Crippen LogP contribution is 2.32. The summed E-state index contributed by atoms with van der Waals surface area (Å²) in [5, 5.41) is 2.92. The second-order valence-corrected chi connectivity index (χ2v) is 5.96. The van der Waals surface area contributed by atoms with Crippen molar-refractivity contribution in [2.75, 3.05) is 13.4 Å². The minimum Gasteiger partial charge on any atom is -0.454 e. The summed E-state index contributed by atoms with van der Waals surface area (Å²) < 4.78 is 15.6. The van der Waals surface area contributed by atoms with Gasteiger partial charge >= 0.3 is 5.97 Å². The second-order valence-electron chi connectivity index (χ2n) is 5.96. The highest BCUT2D eigenvalue weighted by atomic mass is 16.7. The number of benzene rings is 2. The van der Waals surface area contributed by atoms with Crippen molar-refractivity contribution in [1.82, 2.24) is 5.32 Å². The quantitative estimate of drug-likeness (QED) is 0.772. The van der Waals surface area contributed by atoms with E-state index in [0.717, 1.165) is 18.4 Å². The molecule has 0 saturated heterocycles. The van der Waals surface area contributed by atoms with E-state index in [4.69, 9.17) is 14.2 Å². The third kappa shape index (κ3) is 4.33. The maximum Gasteiger partial charge on any atom is 0.338 e. The van der Waals surface area contributed by atoms with E-state index in [1.165, 1.54) is 0 Å². The van der Waals surface area contributed by atoms with Crippen LogP contribution in [0, 0.1) is 0 Å². The summed E-state index contributed by atoms with van der Waals surface area (Å²) >= 11 is 0. The number of amides is 1. The molecule has 0 unspecified atom stereocenters. The maximum absolute atomic E-state index is 12.2. The Morgan fingerprint density at radius 2 is 1.88 bits per heavy atom. The Kier molecular flexibility index (Phi) is 5.73. The molecule has 6 heteroatoms. The molecule has 136 valence electrons. The number of rotatable bonds is 7. The molecule has 1 heterocycles. The SMILES string of the molecule is CCC[C@@H](NC(=O)COC(=O)c1ccc2c(c1)OCO2)c1ccccc1. The summed E-state index contributed by atoms with van der Waals surface area (Å²) in [6.07, 6.45) is 1.74. The zero-order chi connectivity index (χ0) is 18.4. The molecule has 1 aliphatic heterocycles. The van der Waals surface area contributed by atoms with Gasteiger partial charge in [-0.25, -0.2) is 4.79 Å². The number of esters is 1. The fraction of sp³-hybridized carbons (Fsp3) is 0.300. The van der Waals surface area contributed by atoms with Crippen LogP contribution in [0.4, 0.5) is 0 Å². The van der Waals surface area contributed by atoms with Crippen LogP contribution in [-0.4, -0.2) is 25.3 Å². The molecule has 0 aromatic heterocycles. The molecule has 2 aromatic rings. The van der Waals surface area contributed by atoms with Gasteiger partial charge in [-0.15, -0.1) is 0 Å². The van der Waals surface area contributed by atoms with Crippen LogP contribution in [0.5, 0.6) is 11.5 Å². The Morgan fingerprint density at radius 1 is 1.12 bits per heavy atom.